The highest BCUT2D eigenvalue weighted by Crippen LogP contribution is 2.35. The van der Waals surface area contributed by atoms with Crippen LogP contribution in [-0.2, 0) is 13.2 Å². The van der Waals surface area contributed by atoms with Gasteiger partial charge in [0, 0.05) is 30.4 Å². The minimum Gasteiger partial charge on any atom is -0.489 e. The van der Waals surface area contributed by atoms with Gasteiger partial charge in [-0.3, -0.25) is 4.79 Å². The molecule has 1 aliphatic carbocycles. The van der Waals surface area contributed by atoms with Gasteiger partial charge in [-0.2, -0.15) is 13.2 Å². The van der Waals surface area contributed by atoms with Gasteiger partial charge in [-0.1, -0.05) is 11.6 Å². The molecular formula is C18H16ClF4NO2. The fourth-order valence-electron chi connectivity index (χ4n) is 3.13. The van der Waals surface area contributed by atoms with Crippen LogP contribution in [-0.4, -0.2) is 10.7 Å². The molecular weight excluding hydrogens is 374 g/mol. The lowest BCUT2D eigenvalue weighted by Crippen LogP contribution is -2.20. The summed E-state index contributed by atoms with van der Waals surface area (Å²) in [6.45, 7) is 0. The lowest BCUT2D eigenvalue weighted by molar-refractivity contribution is -0.143. The van der Waals surface area contributed by atoms with Crippen molar-refractivity contribution in [3.63, 3.8) is 0 Å². The van der Waals surface area contributed by atoms with E-state index < -0.39 is 23.1 Å². The van der Waals surface area contributed by atoms with Crippen molar-refractivity contribution in [2.45, 2.75) is 38.0 Å². The highest BCUT2D eigenvalue weighted by Gasteiger charge is 2.34. The molecule has 0 unspecified atom stereocenters. The van der Waals surface area contributed by atoms with E-state index in [2.05, 4.69) is 0 Å². The zero-order valence-electron chi connectivity index (χ0n) is 13.9. The summed E-state index contributed by atoms with van der Waals surface area (Å²) in [6.07, 6.45) is 0.00144. The summed E-state index contributed by atoms with van der Waals surface area (Å²) in [6, 6.07) is 2.75. The lowest BCUT2D eigenvalue weighted by atomic mass is 10.1. The Morgan fingerprint density at radius 3 is 2.42 bits per heavy atom. The number of ether oxygens (including phenoxy) is 1. The Kier molecular flexibility index (Phi) is 5.01. The summed E-state index contributed by atoms with van der Waals surface area (Å²) in [5.74, 6) is -0.581. The Labute approximate surface area is 152 Å². The molecule has 1 aromatic heterocycles. The van der Waals surface area contributed by atoms with Gasteiger partial charge in [0.15, 0.2) is 5.43 Å². The predicted molar refractivity (Wildman–Crippen MR) is 90.0 cm³/mol. The molecule has 0 aliphatic heterocycles. The number of alkyl halides is 3. The van der Waals surface area contributed by atoms with Crippen molar-refractivity contribution in [3.8, 4) is 16.9 Å². The summed E-state index contributed by atoms with van der Waals surface area (Å²) in [5.41, 5.74) is -2.37. The molecule has 3 nitrogen and oxygen atoms in total. The number of hydrogen-bond acceptors (Lipinski definition) is 2. The van der Waals surface area contributed by atoms with Crippen LogP contribution in [0.5, 0.6) is 5.75 Å². The van der Waals surface area contributed by atoms with Crippen molar-refractivity contribution < 1.29 is 22.3 Å². The third-order valence-corrected chi connectivity index (χ3v) is 4.73. The number of nitrogens with zero attached hydrogens (tertiary/aromatic N) is 1. The third-order valence-electron chi connectivity index (χ3n) is 4.43. The zero-order valence-corrected chi connectivity index (χ0v) is 14.6. The smallest absolute Gasteiger partial charge is 0.431 e. The minimum atomic E-state index is -4.68. The Morgan fingerprint density at radius 1 is 1.15 bits per heavy atom. The molecule has 1 aliphatic rings. The molecule has 140 valence electrons. The van der Waals surface area contributed by atoms with Gasteiger partial charge in [-0.15, -0.1) is 0 Å². The molecule has 0 radical (unpaired) electrons. The normalized spacial score (nSPS) is 15.5. The topological polar surface area (TPSA) is 31.2 Å². The van der Waals surface area contributed by atoms with Crippen LogP contribution in [0.3, 0.4) is 0 Å². The SMILES string of the molecule is Cn1cc(-c2cc(OC3CCCC3)c(Cl)cc2F)c(=O)cc1C(F)(F)F. The number of rotatable bonds is 3. The van der Waals surface area contributed by atoms with Crippen molar-refractivity contribution in [2.75, 3.05) is 0 Å². The largest absolute Gasteiger partial charge is 0.489 e. The van der Waals surface area contributed by atoms with Gasteiger partial charge < -0.3 is 9.30 Å². The summed E-state index contributed by atoms with van der Waals surface area (Å²) in [5, 5.41) is 0.0573. The molecule has 0 saturated heterocycles. The van der Waals surface area contributed by atoms with E-state index in [1.807, 2.05) is 0 Å². The molecule has 3 rings (SSSR count). The molecule has 26 heavy (non-hydrogen) atoms. The standard InChI is InChI=1S/C18H16ClF4NO2/c1-24-9-12(15(25)8-17(24)18(21,22)23)11-6-16(13(19)7-14(11)20)26-10-4-2-3-5-10/h6-10H,2-5H2,1H3. The summed E-state index contributed by atoms with van der Waals surface area (Å²) in [4.78, 5) is 12.2. The minimum absolute atomic E-state index is 0.0405. The van der Waals surface area contributed by atoms with Crippen molar-refractivity contribution in [1.29, 1.82) is 0 Å². The number of benzene rings is 1. The van der Waals surface area contributed by atoms with E-state index >= 15 is 0 Å². The second kappa shape index (κ2) is 6.95. The number of aromatic nitrogens is 1. The van der Waals surface area contributed by atoms with Crippen LogP contribution < -0.4 is 10.2 Å². The monoisotopic (exact) mass is 389 g/mol. The van der Waals surface area contributed by atoms with E-state index in [0.29, 0.717) is 6.07 Å². The van der Waals surface area contributed by atoms with Crippen molar-refractivity contribution in [3.05, 3.63) is 51.2 Å². The molecule has 2 aromatic rings. The molecule has 0 atom stereocenters. The maximum Gasteiger partial charge on any atom is 0.431 e. The Hall–Kier alpha value is -2.02. The molecule has 1 aromatic carbocycles. The number of halogens is 5. The predicted octanol–water partition coefficient (Wildman–Crippen LogP) is 5.19. The first kappa shape index (κ1) is 18.8. The summed E-state index contributed by atoms with van der Waals surface area (Å²) >= 11 is 6.03. The fourth-order valence-corrected chi connectivity index (χ4v) is 3.32. The number of pyridine rings is 1. The van der Waals surface area contributed by atoms with E-state index in [4.69, 9.17) is 16.3 Å². The maximum atomic E-state index is 14.4. The first-order valence-electron chi connectivity index (χ1n) is 8.11. The first-order valence-corrected chi connectivity index (χ1v) is 8.48. The Balaban J connectivity index is 2.06. The Morgan fingerprint density at radius 2 is 1.81 bits per heavy atom. The van der Waals surface area contributed by atoms with E-state index in [-0.39, 0.29) is 28.0 Å². The molecule has 0 amide bonds. The third kappa shape index (κ3) is 3.72. The average Bonchev–Trinajstić information content (AvgIpc) is 3.04. The van der Waals surface area contributed by atoms with Crippen molar-refractivity contribution in [2.24, 2.45) is 7.05 Å². The van der Waals surface area contributed by atoms with Crippen molar-refractivity contribution >= 4 is 11.6 Å². The maximum absolute atomic E-state index is 14.4. The second-order valence-electron chi connectivity index (χ2n) is 6.33. The quantitative estimate of drug-likeness (QED) is 0.677. The van der Waals surface area contributed by atoms with Crippen LogP contribution in [0.4, 0.5) is 17.6 Å². The molecule has 1 saturated carbocycles. The van der Waals surface area contributed by atoms with Crippen LogP contribution in [0, 0.1) is 5.82 Å². The molecule has 1 heterocycles. The number of hydrogen-bond donors (Lipinski definition) is 0. The first-order chi connectivity index (χ1) is 12.2. The van der Waals surface area contributed by atoms with Crippen LogP contribution >= 0.6 is 11.6 Å². The van der Waals surface area contributed by atoms with E-state index in [1.165, 1.54) is 6.07 Å². The second-order valence-corrected chi connectivity index (χ2v) is 6.74. The van der Waals surface area contributed by atoms with Gasteiger partial charge in [0.1, 0.15) is 17.3 Å². The zero-order chi connectivity index (χ0) is 19.1. The fraction of sp³-hybridized carbons (Fsp3) is 0.389. The number of aryl methyl sites for hydroxylation is 1. The van der Waals surface area contributed by atoms with Crippen molar-refractivity contribution in [1.82, 2.24) is 4.57 Å². The van der Waals surface area contributed by atoms with Crippen LogP contribution in [0.1, 0.15) is 31.4 Å². The molecule has 0 bridgehead atoms. The van der Waals surface area contributed by atoms with Gasteiger partial charge in [0.05, 0.1) is 11.1 Å². The van der Waals surface area contributed by atoms with Gasteiger partial charge in [0.2, 0.25) is 0 Å². The molecule has 1 fully saturated rings. The van der Waals surface area contributed by atoms with Crippen LogP contribution in [0.25, 0.3) is 11.1 Å². The van der Waals surface area contributed by atoms with E-state index in [1.54, 1.807) is 0 Å². The molecule has 8 heteroatoms. The molecule has 0 N–H and O–H groups in total. The van der Waals surface area contributed by atoms with E-state index in [0.717, 1.165) is 49.6 Å². The lowest BCUT2D eigenvalue weighted by Gasteiger charge is -2.17. The summed E-state index contributed by atoms with van der Waals surface area (Å²) < 4.78 is 59.6. The van der Waals surface area contributed by atoms with Gasteiger partial charge in [-0.25, -0.2) is 4.39 Å². The van der Waals surface area contributed by atoms with Gasteiger partial charge >= 0.3 is 6.18 Å². The van der Waals surface area contributed by atoms with Crippen LogP contribution in [0.2, 0.25) is 5.02 Å². The van der Waals surface area contributed by atoms with Crippen LogP contribution in [0.15, 0.2) is 29.2 Å². The summed E-state index contributed by atoms with van der Waals surface area (Å²) in [7, 11) is 1.15. The average molecular weight is 390 g/mol. The Bertz CT molecular complexity index is 886. The highest BCUT2D eigenvalue weighted by atomic mass is 35.5. The van der Waals surface area contributed by atoms with Gasteiger partial charge in [0.25, 0.3) is 0 Å². The highest BCUT2D eigenvalue weighted by molar-refractivity contribution is 6.32. The van der Waals surface area contributed by atoms with Gasteiger partial charge in [-0.05, 0) is 37.8 Å². The molecule has 0 spiro atoms. The van der Waals surface area contributed by atoms with E-state index in [9.17, 15) is 22.4 Å².